The summed E-state index contributed by atoms with van der Waals surface area (Å²) in [6, 6.07) is 0. The average molecular weight is 294 g/mol. The number of hydrogen-bond acceptors (Lipinski definition) is 2. The van der Waals surface area contributed by atoms with Gasteiger partial charge in [0.25, 0.3) is 11.8 Å². The quantitative estimate of drug-likeness (QED) is 0.722. The van der Waals surface area contributed by atoms with Crippen molar-refractivity contribution in [2.75, 3.05) is 13.1 Å². The molecule has 0 aliphatic heterocycles. The third-order valence-electron chi connectivity index (χ3n) is 2.03. The third kappa shape index (κ3) is 2.92. The van der Waals surface area contributed by atoms with E-state index in [4.69, 9.17) is 0 Å². The number of carbonyl (C=O) groups is 2. The smallest absolute Gasteiger partial charge is 0.351 e. The molecule has 0 aliphatic carbocycles. The van der Waals surface area contributed by atoms with Crippen molar-refractivity contribution in [2.45, 2.75) is 31.6 Å². The van der Waals surface area contributed by atoms with E-state index in [1.807, 2.05) is 0 Å². The Kier molecular flexibility index (Phi) is 5.22. The lowest BCUT2D eigenvalue weighted by Crippen LogP contribution is -2.65. The van der Waals surface area contributed by atoms with E-state index >= 15 is 0 Å². The predicted octanol–water partition coefficient (Wildman–Crippen LogP) is 1.16. The van der Waals surface area contributed by atoms with E-state index in [-0.39, 0.29) is 0 Å². The van der Waals surface area contributed by atoms with Crippen LogP contribution in [0.1, 0.15) is 13.8 Å². The van der Waals surface area contributed by atoms with Crippen LogP contribution in [0.25, 0.3) is 0 Å². The van der Waals surface area contributed by atoms with Crippen molar-refractivity contribution in [2.24, 2.45) is 0 Å². The standard InChI is InChI=1S/C9H12F6N2O2/c1-3-16-5(18)7(10,11)9(14,15)8(12,13)6(19)17-4-2/h3-4H2,1-2H3,(H,16,18)(H,17,19). The molecular weight excluding hydrogens is 282 g/mol. The monoisotopic (exact) mass is 294 g/mol. The molecule has 112 valence electrons. The molecule has 0 aromatic heterocycles. The first-order valence-electron chi connectivity index (χ1n) is 5.16. The molecule has 0 aromatic carbocycles. The van der Waals surface area contributed by atoms with Crippen LogP contribution < -0.4 is 10.6 Å². The van der Waals surface area contributed by atoms with Crippen molar-refractivity contribution in [3.8, 4) is 0 Å². The van der Waals surface area contributed by atoms with Crippen molar-refractivity contribution in [3.63, 3.8) is 0 Å². The molecule has 0 saturated heterocycles. The Labute approximate surface area is 104 Å². The first kappa shape index (κ1) is 17.5. The molecule has 10 heteroatoms. The molecule has 0 heterocycles. The van der Waals surface area contributed by atoms with Gasteiger partial charge in [0, 0.05) is 13.1 Å². The summed E-state index contributed by atoms with van der Waals surface area (Å²) in [6.07, 6.45) is 0. The van der Waals surface area contributed by atoms with Crippen LogP contribution in [0.4, 0.5) is 26.3 Å². The molecule has 0 aromatic rings. The second-order valence-corrected chi connectivity index (χ2v) is 3.44. The van der Waals surface area contributed by atoms with Gasteiger partial charge in [-0.15, -0.1) is 0 Å². The van der Waals surface area contributed by atoms with Gasteiger partial charge in [-0.05, 0) is 13.8 Å². The lowest BCUT2D eigenvalue weighted by Gasteiger charge is -2.30. The molecule has 0 fully saturated rings. The molecule has 0 bridgehead atoms. The van der Waals surface area contributed by atoms with Gasteiger partial charge in [0.1, 0.15) is 0 Å². The minimum Gasteiger partial charge on any atom is -0.351 e. The summed E-state index contributed by atoms with van der Waals surface area (Å²) in [4.78, 5) is 21.5. The lowest BCUT2D eigenvalue weighted by molar-refractivity contribution is -0.287. The molecular formula is C9H12F6N2O2. The summed E-state index contributed by atoms with van der Waals surface area (Å²) in [5.74, 6) is -22.8. The zero-order valence-corrected chi connectivity index (χ0v) is 10.00. The molecule has 0 rings (SSSR count). The molecule has 0 radical (unpaired) electrons. The third-order valence-corrected chi connectivity index (χ3v) is 2.03. The molecule has 0 unspecified atom stereocenters. The Balaban J connectivity index is 5.45. The fraction of sp³-hybridized carbons (Fsp3) is 0.778. The van der Waals surface area contributed by atoms with E-state index in [9.17, 15) is 35.9 Å². The van der Waals surface area contributed by atoms with E-state index < -0.39 is 42.7 Å². The summed E-state index contributed by atoms with van der Waals surface area (Å²) in [7, 11) is 0. The number of rotatable bonds is 6. The van der Waals surface area contributed by atoms with E-state index in [0.717, 1.165) is 13.8 Å². The van der Waals surface area contributed by atoms with Gasteiger partial charge in [-0.2, -0.15) is 26.3 Å². The SMILES string of the molecule is CCNC(=O)C(F)(F)C(F)(F)C(F)(F)C(=O)NCC. The molecule has 2 N–H and O–H groups in total. The fourth-order valence-corrected chi connectivity index (χ4v) is 1.03. The van der Waals surface area contributed by atoms with Gasteiger partial charge >= 0.3 is 17.8 Å². The summed E-state index contributed by atoms with van der Waals surface area (Å²) in [5, 5.41) is 2.60. The largest absolute Gasteiger partial charge is 0.393 e. The van der Waals surface area contributed by atoms with Crippen LogP contribution in [0.2, 0.25) is 0 Å². The van der Waals surface area contributed by atoms with E-state index in [0.29, 0.717) is 0 Å². The Morgan fingerprint density at radius 1 is 0.789 bits per heavy atom. The zero-order valence-electron chi connectivity index (χ0n) is 10.00. The highest BCUT2D eigenvalue weighted by molar-refractivity contribution is 5.89. The maximum atomic E-state index is 13.1. The van der Waals surface area contributed by atoms with Gasteiger partial charge in [0.15, 0.2) is 0 Å². The molecule has 0 spiro atoms. The summed E-state index contributed by atoms with van der Waals surface area (Å²) in [6.45, 7) is 1.34. The van der Waals surface area contributed by atoms with Crippen LogP contribution in [0.5, 0.6) is 0 Å². The van der Waals surface area contributed by atoms with Gasteiger partial charge in [-0.3, -0.25) is 9.59 Å². The molecule has 4 nitrogen and oxygen atoms in total. The first-order chi connectivity index (χ1) is 8.46. The summed E-state index contributed by atoms with van der Waals surface area (Å²) >= 11 is 0. The maximum Gasteiger partial charge on any atom is 0.393 e. The number of carbonyl (C=O) groups excluding carboxylic acids is 2. The van der Waals surface area contributed by atoms with Crippen LogP contribution in [-0.4, -0.2) is 42.7 Å². The Hall–Kier alpha value is -1.48. The molecule has 2 amide bonds. The van der Waals surface area contributed by atoms with Gasteiger partial charge in [0.05, 0.1) is 0 Å². The zero-order chi connectivity index (χ0) is 15.5. The molecule has 0 atom stereocenters. The predicted molar refractivity (Wildman–Crippen MR) is 52.2 cm³/mol. The second kappa shape index (κ2) is 5.66. The summed E-state index contributed by atoms with van der Waals surface area (Å²) < 4.78 is 78.4. The highest BCUT2D eigenvalue weighted by Gasteiger charge is 2.77. The van der Waals surface area contributed by atoms with Crippen molar-refractivity contribution in [3.05, 3.63) is 0 Å². The minimum absolute atomic E-state index is 0.461. The van der Waals surface area contributed by atoms with Gasteiger partial charge in [-0.1, -0.05) is 0 Å². The highest BCUT2D eigenvalue weighted by Crippen LogP contribution is 2.45. The molecule has 19 heavy (non-hydrogen) atoms. The average Bonchev–Trinajstić information content (AvgIpc) is 2.28. The van der Waals surface area contributed by atoms with Crippen LogP contribution in [-0.2, 0) is 9.59 Å². The Bertz CT molecular complexity index is 327. The van der Waals surface area contributed by atoms with E-state index in [1.54, 1.807) is 0 Å². The number of alkyl halides is 6. The number of nitrogens with one attached hydrogen (secondary N) is 2. The summed E-state index contributed by atoms with van der Waals surface area (Å²) in [5.41, 5.74) is 0. The second-order valence-electron chi connectivity index (χ2n) is 3.44. The maximum absolute atomic E-state index is 13.1. The topological polar surface area (TPSA) is 58.2 Å². The highest BCUT2D eigenvalue weighted by atomic mass is 19.3. The first-order valence-corrected chi connectivity index (χ1v) is 5.16. The van der Waals surface area contributed by atoms with Gasteiger partial charge in [-0.25, -0.2) is 0 Å². The van der Waals surface area contributed by atoms with Crippen LogP contribution in [0.15, 0.2) is 0 Å². The van der Waals surface area contributed by atoms with Gasteiger partial charge < -0.3 is 10.6 Å². The number of amides is 2. The minimum atomic E-state index is -6.15. The van der Waals surface area contributed by atoms with E-state index in [1.165, 1.54) is 10.6 Å². The van der Waals surface area contributed by atoms with Crippen molar-refractivity contribution in [1.29, 1.82) is 0 Å². The molecule has 0 aliphatic rings. The van der Waals surface area contributed by atoms with Crippen molar-refractivity contribution < 1.29 is 35.9 Å². The fourth-order valence-electron chi connectivity index (χ4n) is 1.03. The normalized spacial score (nSPS) is 13.1. The molecule has 0 saturated carbocycles. The lowest BCUT2D eigenvalue weighted by atomic mass is 10.0. The Morgan fingerprint density at radius 3 is 1.26 bits per heavy atom. The number of halogens is 6. The Morgan fingerprint density at radius 2 is 1.05 bits per heavy atom. The van der Waals surface area contributed by atoms with Crippen LogP contribution >= 0.6 is 0 Å². The number of hydrogen-bond donors (Lipinski definition) is 2. The van der Waals surface area contributed by atoms with Crippen molar-refractivity contribution >= 4 is 11.8 Å². The van der Waals surface area contributed by atoms with Crippen LogP contribution in [0, 0.1) is 0 Å². The van der Waals surface area contributed by atoms with Crippen LogP contribution in [0.3, 0.4) is 0 Å². The van der Waals surface area contributed by atoms with Gasteiger partial charge in [0.2, 0.25) is 0 Å². The van der Waals surface area contributed by atoms with E-state index in [2.05, 4.69) is 0 Å². The van der Waals surface area contributed by atoms with Crippen molar-refractivity contribution in [1.82, 2.24) is 10.6 Å².